The van der Waals surface area contributed by atoms with Crippen molar-refractivity contribution in [2.24, 2.45) is 0 Å². The number of thiazole rings is 1. The van der Waals surface area contributed by atoms with Gasteiger partial charge in [0.05, 0.1) is 16.7 Å². The summed E-state index contributed by atoms with van der Waals surface area (Å²) < 4.78 is 1.38. The van der Waals surface area contributed by atoms with Crippen LogP contribution < -0.4 is 5.32 Å². The standard InChI is InChI=1S/C16H18N2S2/c1-4-17-14(15-10(2)18-11(3)20-15)13-7-5-6-12-8-9-19-16(12)13/h5-9,14,17H,4H2,1-3H3. The lowest BCUT2D eigenvalue weighted by molar-refractivity contribution is 0.640. The van der Waals surface area contributed by atoms with Gasteiger partial charge in [-0.3, -0.25) is 0 Å². The van der Waals surface area contributed by atoms with Crippen LogP contribution in [-0.4, -0.2) is 11.5 Å². The van der Waals surface area contributed by atoms with Gasteiger partial charge >= 0.3 is 0 Å². The van der Waals surface area contributed by atoms with E-state index in [0.717, 1.165) is 17.2 Å². The lowest BCUT2D eigenvalue weighted by Gasteiger charge is -2.18. The highest BCUT2D eigenvalue weighted by atomic mass is 32.1. The molecule has 0 aliphatic heterocycles. The summed E-state index contributed by atoms with van der Waals surface area (Å²) in [6.07, 6.45) is 0. The molecular formula is C16H18N2S2. The molecule has 4 heteroatoms. The van der Waals surface area contributed by atoms with E-state index in [9.17, 15) is 0 Å². The summed E-state index contributed by atoms with van der Waals surface area (Å²) in [6.45, 7) is 7.29. The van der Waals surface area contributed by atoms with Gasteiger partial charge in [-0.15, -0.1) is 22.7 Å². The molecule has 1 aromatic carbocycles. The zero-order chi connectivity index (χ0) is 14.1. The van der Waals surface area contributed by atoms with E-state index >= 15 is 0 Å². The Labute approximate surface area is 127 Å². The number of hydrogen-bond acceptors (Lipinski definition) is 4. The Balaban J connectivity index is 2.15. The number of nitrogens with one attached hydrogen (secondary N) is 1. The SMILES string of the molecule is CCNC(c1sc(C)nc1C)c1cccc2ccsc12. The molecule has 0 aliphatic rings. The second-order valence-electron chi connectivity index (χ2n) is 4.86. The first-order valence-corrected chi connectivity index (χ1v) is 8.53. The van der Waals surface area contributed by atoms with Gasteiger partial charge in [-0.1, -0.05) is 25.1 Å². The van der Waals surface area contributed by atoms with Crippen molar-refractivity contribution in [2.75, 3.05) is 6.54 Å². The maximum atomic E-state index is 4.59. The Morgan fingerprint density at radius 2 is 2.10 bits per heavy atom. The number of aryl methyl sites for hydroxylation is 2. The Morgan fingerprint density at radius 1 is 1.25 bits per heavy atom. The molecule has 0 amide bonds. The van der Waals surface area contributed by atoms with Crippen LogP contribution in [0, 0.1) is 13.8 Å². The Kier molecular flexibility index (Phi) is 3.87. The van der Waals surface area contributed by atoms with Gasteiger partial charge in [0.15, 0.2) is 0 Å². The average molecular weight is 302 g/mol. The van der Waals surface area contributed by atoms with Crippen molar-refractivity contribution < 1.29 is 0 Å². The van der Waals surface area contributed by atoms with Gasteiger partial charge in [-0.05, 0) is 42.8 Å². The zero-order valence-electron chi connectivity index (χ0n) is 11.9. The lowest BCUT2D eigenvalue weighted by atomic mass is 10.0. The molecule has 104 valence electrons. The number of hydrogen-bond donors (Lipinski definition) is 1. The van der Waals surface area contributed by atoms with Crippen molar-refractivity contribution in [2.45, 2.75) is 26.8 Å². The van der Waals surface area contributed by atoms with Crippen molar-refractivity contribution in [3.8, 4) is 0 Å². The first-order chi connectivity index (χ1) is 9.70. The van der Waals surface area contributed by atoms with E-state index in [1.807, 2.05) is 11.3 Å². The largest absolute Gasteiger partial charge is 0.306 e. The van der Waals surface area contributed by atoms with Crippen LogP contribution in [-0.2, 0) is 0 Å². The molecule has 0 saturated carbocycles. The molecule has 1 N–H and O–H groups in total. The maximum absolute atomic E-state index is 4.59. The van der Waals surface area contributed by atoms with Gasteiger partial charge in [0.2, 0.25) is 0 Å². The first-order valence-electron chi connectivity index (χ1n) is 6.84. The van der Waals surface area contributed by atoms with E-state index in [4.69, 9.17) is 0 Å². The van der Waals surface area contributed by atoms with Crippen molar-refractivity contribution in [3.05, 3.63) is 50.8 Å². The highest BCUT2D eigenvalue weighted by Gasteiger charge is 2.20. The van der Waals surface area contributed by atoms with Crippen LogP contribution in [0.25, 0.3) is 10.1 Å². The quantitative estimate of drug-likeness (QED) is 0.757. The predicted octanol–water partition coefficient (Wildman–Crippen LogP) is 4.67. The normalized spacial score (nSPS) is 12.9. The number of nitrogens with zero attached hydrogens (tertiary/aromatic N) is 1. The summed E-state index contributed by atoms with van der Waals surface area (Å²) in [7, 11) is 0. The van der Waals surface area contributed by atoms with E-state index in [1.165, 1.54) is 20.5 Å². The highest BCUT2D eigenvalue weighted by Crippen LogP contribution is 2.35. The minimum absolute atomic E-state index is 0.244. The van der Waals surface area contributed by atoms with Gasteiger partial charge in [-0.25, -0.2) is 4.98 Å². The van der Waals surface area contributed by atoms with Crippen molar-refractivity contribution >= 4 is 32.8 Å². The number of fused-ring (bicyclic) bond motifs is 1. The molecule has 0 saturated heterocycles. The Morgan fingerprint density at radius 3 is 2.80 bits per heavy atom. The molecule has 2 heterocycles. The summed E-state index contributed by atoms with van der Waals surface area (Å²) in [4.78, 5) is 5.93. The van der Waals surface area contributed by atoms with Crippen LogP contribution in [0.5, 0.6) is 0 Å². The molecule has 1 atom stereocenters. The Hall–Kier alpha value is -1.23. The van der Waals surface area contributed by atoms with Gasteiger partial charge < -0.3 is 5.32 Å². The predicted molar refractivity (Wildman–Crippen MR) is 88.9 cm³/mol. The lowest BCUT2D eigenvalue weighted by Crippen LogP contribution is -2.21. The number of aromatic nitrogens is 1. The number of benzene rings is 1. The van der Waals surface area contributed by atoms with Crippen LogP contribution in [0.3, 0.4) is 0 Å². The van der Waals surface area contributed by atoms with Crippen molar-refractivity contribution in [1.82, 2.24) is 10.3 Å². The molecule has 0 spiro atoms. The smallest absolute Gasteiger partial charge is 0.0900 e. The van der Waals surface area contributed by atoms with Crippen LogP contribution in [0.4, 0.5) is 0 Å². The van der Waals surface area contributed by atoms with Crippen molar-refractivity contribution in [3.63, 3.8) is 0 Å². The fraction of sp³-hybridized carbons (Fsp3) is 0.312. The number of rotatable bonds is 4. The first kappa shape index (κ1) is 13.7. The van der Waals surface area contributed by atoms with E-state index in [0.29, 0.717) is 0 Å². The third kappa shape index (κ3) is 2.39. The van der Waals surface area contributed by atoms with Gasteiger partial charge in [0, 0.05) is 9.58 Å². The molecule has 1 unspecified atom stereocenters. The van der Waals surface area contributed by atoms with E-state index in [-0.39, 0.29) is 6.04 Å². The Bertz CT molecular complexity index is 727. The number of thiophene rings is 1. The van der Waals surface area contributed by atoms with E-state index in [1.54, 1.807) is 11.3 Å². The molecule has 0 radical (unpaired) electrons. The van der Waals surface area contributed by atoms with E-state index in [2.05, 4.69) is 60.7 Å². The maximum Gasteiger partial charge on any atom is 0.0900 e. The summed E-state index contributed by atoms with van der Waals surface area (Å²) in [5, 5.41) is 8.26. The zero-order valence-corrected chi connectivity index (χ0v) is 13.6. The summed E-state index contributed by atoms with van der Waals surface area (Å²) in [5.74, 6) is 0. The van der Waals surface area contributed by atoms with Crippen LogP contribution in [0.1, 0.15) is 34.1 Å². The third-order valence-electron chi connectivity index (χ3n) is 3.43. The van der Waals surface area contributed by atoms with Gasteiger partial charge in [-0.2, -0.15) is 0 Å². The fourth-order valence-electron chi connectivity index (χ4n) is 2.61. The molecule has 3 aromatic rings. The molecule has 20 heavy (non-hydrogen) atoms. The summed E-state index contributed by atoms with van der Waals surface area (Å²) in [6, 6.07) is 9.01. The molecular weight excluding hydrogens is 284 g/mol. The van der Waals surface area contributed by atoms with E-state index < -0.39 is 0 Å². The average Bonchev–Trinajstić information content (AvgIpc) is 3.02. The molecule has 0 fully saturated rings. The minimum atomic E-state index is 0.244. The molecule has 0 aliphatic carbocycles. The second kappa shape index (κ2) is 5.64. The van der Waals surface area contributed by atoms with Crippen LogP contribution >= 0.6 is 22.7 Å². The minimum Gasteiger partial charge on any atom is -0.306 e. The van der Waals surface area contributed by atoms with Gasteiger partial charge in [0.1, 0.15) is 0 Å². The molecule has 0 bridgehead atoms. The highest BCUT2D eigenvalue weighted by molar-refractivity contribution is 7.17. The van der Waals surface area contributed by atoms with Gasteiger partial charge in [0.25, 0.3) is 0 Å². The van der Waals surface area contributed by atoms with Crippen LogP contribution in [0.15, 0.2) is 29.6 Å². The summed E-state index contributed by atoms with van der Waals surface area (Å²) in [5.41, 5.74) is 2.51. The monoisotopic (exact) mass is 302 g/mol. The van der Waals surface area contributed by atoms with Crippen molar-refractivity contribution in [1.29, 1.82) is 0 Å². The third-order valence-corrected chi connectivity index (χ3v) is 5.55. The molecule has 2 nitrogen and oxygen atoms in total. The molecule has 3 rings (SSSR count). The molecule has 2 aromatic heterocycles. The second-order valence-corrected chi connectivity index (χ2v) is 7.01. The van der Waals surface area contributed by atoms with Crippen LogP contribution in [0.2, 0.25) is 0 Å². The summed E-state index contributed by atoms with van der Waals surface area (Å²) >= 11 is 3.62. The topological polar surface area (TPSA) is 24.9 Å². The fourth-order valence-corrected chi connectivity index (χ4v) is 4.57.